The van der Waals surface area contributed by atoms with E-state index in [1.807, 2.05) is 21.1 Å². The summed E-state index contributed by atoms with van der Waals surface area (Å²) >= 11 is 0. The number of aromatic amines is 2. The number of imidazole rings is 2. The van der Waals surface area contributed by atoms with Crippen molar-refractivity contribution in [2.45, 2.75) is 24.9 Å². The van der Waals surface area contributed by atoms with Crippen LogP contribution in [0.25, 0.3) is 0 Å². The molecule has 0 aliphatic heterocycles. The van der Waals surface area contributed by atoms with E-state index in [4.69, 9.17) is 5.11 Å². The monoisotopic (exact) mass is 380 g/mol. The fourth-order valence-corrected chi connectivity index (χ4v) is 2.37. The number of carboxylic acid groups (broad SMARTS) is 2. The summed E-state index contributed by atoms with van der Waals surface area (Å²) in [6, 6.07) is -1.06. The van der Waals surface area contributed by atoms with Crippen molar-refractivity contribution in [1.29, 1.82) is 0 Å². The van der Waals surface area contributed by atoms with E-state index in [0.717, 1.165) is 11.4 Å². The third-order valence-corrected chi connectivity index (χ3v) is 4.05. The predicted molar refractivity (Wildman–Crippen MR) is 96.5 cm³/mol. The fourth-order valence-electron chi connectivity index (χ4n) is 2.37. The lowest BCUT2D eigenvalue weighted by molar-refractivity contribution is -0.889. The van der Waals surface area contributed by atoms with Crippen LogP contribution < -0.4 is 5.11 Å². The van der Waals surface area contributed by atoms with Gasteiger partial charge < -0.3 is 29.5 Å². The number of hydrogen-bond donors (Lipinski definition) is 3. The number of carbonyl (C=O) groups excluding carboxylic acids is 1. The average molecular weight is 380 g/mol. The zero-order valence-electron chi connectivity index (χ0n) is 16.3. The van der Waals surface area contributed by atoms with E-state index < -0.39 is 24.0 Å². The Morgan fingerprint density at radius 2 is 1.59 bits per heavy atom. The van der Waals surface area contributed by atoms with Crippen LogP contribution in [0.5, 0.6) is 0 Å². The Hall–Kier alpha value is -2.72. The first-order chi connectivity index (χ1) is 12.5. The lowest BCUT2D eigenvalue weighted by atomic mass is 10.1. The zero-order valence-corrected chi connectivity index (χ0v) is 16.3. The van der Waals surface area contributed by atoms with Crippen molar-refractivity contribution in [1.82, 2.24) is 24.8 Å². The van der Waals surface area contributed by atoms with E-state index >= 15 is 0 Å². The molecule has 2 unspecified atom stereocenters. The average Bonchev–Trinajstić information content (AvgIpc) is 3.22. The van der Waals surface area contributed by atoms with Gasteiger partial charge in [-0.1, -0.05) is 0 Å². The first kappa shape index (κ1) is 22.3. The summed E-state index contributed by atoms with van der Waals surface area (Å²) in [6.45, 7) is 0. The first-order valence-corrected chi connectivity index (χ1v) is 8.38. The molecule has 0 amide bonds. The van der Waals surface area contributed by atoms with Gasteiger partial charge >= 0.3 is 5.97 Å². The number of nitrogens with one attached hydrogen (secondary N) is 2. The van der Waals surface area contributed by atoms with Gasteiger partial charge in [0.1, 0.15) is 12.1 Å². The molecule has 150 valence electrons. The Labute approximate surface area is 158 Å². The molecule has 0 saturated carbocycles. The maximum absolute atomic E-state index is 10.9. The van der Waals surface area contributed by atoms with E-state index in [0.29, 0.717) is 17.3 Å². The van der Waals surface area contributed by atoms with E-state index in [9.17, 15) is 14.7 Å². The van der Waals surface area contributed by atoms with Gasteiger partial charge in [-0.05, 0) is 14.1 Å². The lowest BCUT2D eigenvalue weighted by Crippen LogP contribution is -2.55. The Bertz CT molecular complexity index is 692. The van der Waals surface area contributed by atoms with Crippen molar-refractivity contribution in [3.63, 3.8) is 0 Å². The van der Waals surface area contributed by atoms with Gasteiger partial charge in [0.25, 0.3) is 0 Å². The number of aliphatic carboxylic acids is 2. The first-order valence-electron chi connectivity index (χ1n) is 8.38. The second-order valence-corrected chi connectivity index (χ2v) is 7.33. The second-order valence-electron chi connectivity index (χ2n) is 7.33. The van der Waals surface area contributed by atoms with Crippen LogP contribution >= 0.6 is 0 Å². The molecule has 0 fully saturated rings. The Kier molecular flexibility index (Phi) is 8.13. The largest absolute Gasteiger partial charge is 0.544 e. The molecule has 2 aromatic rings. The highest BCUT2D eigenvalue weighted by atomic mass is 16.4. The molecule has 2 atom stereocenters. The molecule has 3 N–H and O–H groups in total. The number of carbonyl (C=O) groups is 2. The minimum atomic E-state index is -1.04. The van der Waals surface area contributed by atoms with Crippen molar-refractivity contribution >= 4 is 11.9 Å². The van der Waals surface area contributed by atoms with Gasteiger partial charge in [-0.15, -0.1) is 0 Å². The Morgan fingerprint density at radius 1 is 1.11 bits per heavy atom. The van der Waals surface area contributed by atoms with Crippen LogP contribution in [0, 0.1) is 0 Å². The van der Waals surface area contributed by atoms with Crippen LogP contribution in [0.4, 0.5) is 0 Å². The van der Waals surface area contributed by atoms with Crippen molar-refractivity contribution in [2.75, 3.05) is 35.2 Å². The van der Waals surface area contributed by atoms with Gasteiger partial charge in [-0.3, -0.25) is 9.69 Å². The molecule has 2 rings (SSSR count). The summed E-state index contributed by atoms with van der Waals surface area (Å²) in [6.07, 6.45) is 7.21. The van der Waals surface area contributed by atoms with Gasteiger partial charge in [0.05, 0.1) is 39.8 Å². The summed E-state index contributed by atoms with van der Waals surface area (Å²) in [4.78, 5) is 36.8. The molecule has 2 heterocycles. The SMILES string of the molecule is CN(C)C(Cc1cnc[nH]1)C(=O)O.C[N+](C)(C)C(Cc1cnc[nH]1)C(=O)[O-]. The second kappa shape index (κ2) is 9.83. The maximum Gasteiger partial charge on any atom is 0.321 e. The fraction of sp³-hybridized carbons (Fsp3) is 0.529. The number of likely N-dealkylation sites (N-methyl/N-ethyl adjacent to an activating group) is 2. The Balaban J connectivity index is 0.000000271. The molecular weight excluding hydrogens is 352 g/mol. The summed E-state index contributed by atoms with van der Waals surface area (Å²) in [5, 5.41) is 19.8. The van der Waals surface area contributed by atoms with Crippen LogP contribution in [0.2, 0.25) is 0 Å². The summed E-state index contributed by atoms with van der Waals surface area (Å²) in [5.41, 5.74) is 1.65. The number of rotatable bonds is 8. The van der Waals surface area contributed by atoms with Crippen LogP contribution in [0.3, 0.4) is 0 Å². The minimum Gasteiger partial charge on any atom is -0.544 e. The van der Waals surface area contributed by atoms with Crippen molar-refractivity contribution in [3.8, 4) is 0 Å². The quantitative estimate of drug-likeness (QED) is 0.486. The molecule has 0 aromatic carbocycles. The highest BCUT2D eigenvalue weighted by Gasteiger charge is 2.25. The number of quaternary nitrogens is 1. The number of nitrogens with zero attached hydrogens (tertiary/aromatic N) is 4. The number of carboxylic acids is 2. The van der Waals surface area contributed by atoms with E-state index in [-0.39, 0.29) is 0 Å². The van der Waals surface area contributed by atoms with Crippen LogP contribution in [-0.4, -0.2) is 93.7 Å². The molecule has 0 saturated heterocycles. The van der Waals surface area contributed by atoms with E-state index in [1.54, 1.807) is 37.7 Å². The van der Waals surface area contributed by atoms with Crippen LogP contribution in [0.15, 0.2) is 25.0 Å². The number of H-pyrrole nitrogens is 2. The molecule has 2 aromatic heterocycles. The summed E-state index contributed by atoms with van der Waals surface area (Å²) in [7, 11) is 8.98. The maximum atomic E-state index is 10.9. The molecule has 0 bridgehead atoms. The van der Waals surface area contributed by atoms with Gasteiger partial charge in [0, 0.05) is 36.6 Å². The van der Waals surface area contributed by atoms with Gasteiger partial charge in [0.15, 0.2) is 0 Å². The standard InChI is InChI=1S/C9H15N3O2.C8H13N3O2/c1-12(2,3)8(9(13)14)4-7-5-10-6-11-7;1-11(2)7(8(12)13)3-6-4-9-5-10-6/h5-6,8H,4H2,1-3H3,(H-,10,11,13,14);4-5,7H,3H2,1-2H3,(H,9,10)(H,12,13). The highest BCUT2D eigenvalue weighted by Crippen LogP contribution is 2.08. The van der Waals surface area contributed by atoms with Gasteiger partial charge in [-0.25, -0.2) is 9.97 Å². The molecule has 0 radical (unpaired) electrons. The lowest BCUT2D eigenvalue weighted by Gasteiger charge is -2.34. The predicted octanol–water partition coefficient (Wildman–Crippen LogP) is -1.26. The third-order valence-electron chi connectivity index (χ3n) is 4.05. The van der Waals surface area contributed by atoms with Crippen molar-refractivity contribution < 1.29 is 24.3 Å². The molecular formula is C17H28N6O4. The summed E-state index contributed by atoms with van der Waals surface area (Å²) < 4.78 is 0.335. The molecule has 27 heavy (non-hydrogen) atoms. The summed E-state index contributed by atoms with van der Waals surface area (Å²) in [5.74, 6) is -1.85. The van der Waals surface area contributed by atoms with Gasteiger partial charge in [-0.2, -0.15) is 0 Å². The van der Waals surface area contributed by atoms with Gasteiger partial charge in [0.2, 0.25) is 0 Å². The van der Waals surface area contributed by atoms with Crippen molar-refractivity contribution in [2.24, 2.45) is 0 Å². The molecule has 0 aliphatic carbocycles. The van der Waals surface area contributed by atoms with Crippen LogP contribution in [0.1, 0.15) is 11.4 Å². The number of aromatic nitrogens is 4. The topological polar surface area (TPSA) is 138 Å². The molecule has 0 spiro atoms. The van der Waals surface area contributed by atoms with E-state index in [2.05, 4.69) is 19.9 Å². The number of hydrogen-bond acceptors (Lipinski definition) is 6. The zero-order chi connectivity index (χ0) is 20.6. The van der Waals surface area contributed by atoms with Crippen molar-refractivity contribution in [3.05, 3.63) is 36.4 Å². The molecule has 10 heteroatoms. The minimum absolute atomic E-state index is 0.335. The highest BCUT2D eigenvalue weighted by molar-refractivity contribution is 5.73. The smallest absolute Gasteiger partial charge is 0.321 e. The third kappa shape index (κ3) is 7.59. The molecule has 10 nitrogen and oxygen atoms in total. The Morgan fingerprint density at radius 3 is 1.89 bits per heavy atom. The van der Waals surface area contributed by atoms with Crippen LogP contribution in [-0.2, 0) is 22.4 Å². The van der Waals surface area contributed by atoms with E-state index in [1.165, 1.54) is 6.33 Å². The molecule has 0 aliphatic rings. The normalized spacial score (nSPS) is 13.6.